The van der Waals surface area contributed by atoms with Gasteiger partial charge in [0.15, 0.2) is 5.13 Å². The Kier molecular flexibility index (Phi) is 5.26. The maximum atomic E-state index is 13.6. The number of hydrogen-bond donors (Lipinski definition) is 2. The molecule has 0 aliphatic carbocycles. The summed E-state index contributed by atoms with van der Waals surface area (Å²) in [5.41, 5.74) is 1.55. The highest BCUT2D eigenvalue weighted by molar-refractivity contribution is 7.15. The Bertz CT molecular complexity index is 731. The van der Waals surface area contributed by atoms with Crippen LogP contribution in [0.25, 0.3) is 0 Å². The summed E-state index contributed by atoms with van der Waals surface area (Å²) < 4.78 is 13.6. The molecule has 1 amide bonds. The highest BCUT2D eigenvalue weighted by Crippen LogP contribution is 2.24. The number of carbonyl (C=O) groups is 1. The van der Waals surface area contributed by atoms with Crippen LogP contribution < -0.4 is 10.6 Å². The molecule has 1 fully saturated rings. The van der Waals surface area contributed by atoms with Crippen molar-refractivity contribution < 1.29 is 9.18 Å². The second-order valence-electron chi connectivity index (χ2n) is 6.46. The number of nitrogens with one attached hydrogen (secondary N) is 2. The first-order chi connectivity index (χ1) is 11.5. The summed E-state index contributed by atoms with van der Waals surface area (Å²) in [6.07, 6.45) is 4.09. The molecule has 1 aromatic heterocycles. The van der Waals surface area contributed by atoms with Crippen molar-refractivity contribution in [2.45, 2.75) is 39.2 Å². The lowest BCUT2D eigenvalue weighted by Gasteiger charge is -2.26. The monoisotopic (exact) mass is 347 g/mol. The fourth-order valence-electron chi connectivity index (χ4n) is 2.97. The largest absolute Gasteiger partial charge is 0.314 e. The number of benzene rings is 1. The molecule has 2 N–H and O–H groups in total. The maximum Gasteiger partial charge on any atom is 0.229 e. The molecule has 2 heterocycles. The molecular formula is C18H22FN3OS. The van der Waals surface area contributed by atoms with Crippen molar-refractivity contribution in [2.24, 2.45) is 5.92 Å². The molecule has 1 saturated heterocycles. The molecule has 0 spiro atoms. The van der Waals surface area contributed by atoms with Crippen LogP contribution in [0.3, 0.4) is 0 Å². The van der Waals surface area contributed by atoms with E-state index in [0.29, 0.717) is 23.2 Å². The fraction of sp³-hybridized carbons (Fsp3) is 0.444. The molecule has 6 heteroatoms. The van der Waals surface area contributed by atoms with Gasteiger partial charge < -0.3 is 10.6 Å². The second kappa shape index (κ2) is 7.40. The first-order valence-electron chi connectivity index (χ1n) is 8.25. The molecule has 0 saturated carbocycles. The topological polar surface area (TPSA) is 54.0 Å². The normalized spacial score (nSPS) is 20.8. The smallest absolute Gasteiger partial charge is 0.229 e. The van der Waals surface area contributed by atoms with E-state index in [9.17, 15) is 9.18 Å². The van der Waals surface area contributed by atoms with Crippen molar-refractivity contribution in [3.63, 3.8) is 0 Å². The van der Waals surface area contributed by atoms with Crippen molar-refractivity contribution in [2.75, 3.05) is 11.9 Å². The number of hydrogen-bond acceptors (Lipinski definition) is 4. The van der Waals surface area contributed by atoms with Crippen LogP contribution in [-0.4, -0.2) is 23.5 Å². The number of amides is 1. The number of anilines is 1. The Morgan fingerprint density at radius 3 is 3.08 bits per heavy atom. The third-order valence-electron chi connectivity index (χ3n) is 4.39. The summed E-state index contributed by atoms with van der Waals surface area (Å²) in [4.78, 5) is 17.6. The van der Waals surface area contributed by atoms with Gasteiger partial charge in [0.2, 0.25) is 5.91 Å². The minimum Gasteiger partial charge on any atom is -0.314 e. The van der Waals surface area contributed by atoms with Crippen LogP contribution >= 0.6 is 11.3 Å². The number of aryl methyl sites for hydroxylation is 1. The van der Waals surface area contributed by atoms with Gasteiger partial charge in [0.25, 0.3) is 0 Å². The van der Waals surface area contributed by atoms with E-state index in [0.717, 1.165) is 29.8 Å². The minimum atomic E-state index is -0.189. The fourth-order valence-corrected chi connectivity index (χ4v) is 3.82. The molecule has 0 bridgehead atoms. The van der Waals surface area contributed by atoms with Crippen LogP contribution in [0, 0.1) is 18.7 Å². The zero-order chi connectivity index (χ0) is 17.1. The van der Waals surface area contributed by atoms with Gasteiger partial charge in [0, 0.05) is 29.5 Å². The van der Waals surface area contributed by atoms with Gasteiger partial charge in [-0.15, -0.1) is 11.3 Å². The standard InChI is InChI=1S/C18H22FN3OS/c1-11-3-4-13(9-16(11)19)8-15-10-21-18(24-15)22-17(23)14-5-6-20-12(2)7-14/h3-4,9-10,12,14,20H,5-8H2,1-2H3,(H,21,22,23)/t12-,14-/m0/s1. The molecule has 2 atom stereocenters. The average molecular weight is 347 g/mol. The van der Waals surface area contributed by atoms with E-state index in [2.05, 4.69) is 22.5 Å². The summed E-state index contributed by atoms with van der Waals surface area (Å²) in [7, 11) is 0. The lowest BCUT2D eigenvalue weighted by Crippen LogP contribution is -2.40. The van der Waals surface area contributed by atoms with Crippen molar-refractivity contribution in [3.05, 3.63) is 46.2 Å². The molecule has 2 aromatic rings. The third-order valence-corrected chi connectivity index (χ3v) is 5.31. The lowest BCUT2D eigenvalue weighted by atomic mass is 9.93. The molecule has 24 heavy (non-hydrogen) atoms. The Morgan fingerprint density at radius 1 is 1.50 bits per heavy atom. The van der Waals surface area contributed by atoms with E-state index >= 15 is 0 Å². The molecule has 3 rings (SSSR count). The number of carbonyl (C=O) groups excluding carboxylic acids is 1. The second-order valence-corrected chi connectivity index (χ2v) is 7.57. The van der Waals surface area contributed by atoms with Crippen LogP contribution in [0.1, 0.15) is 35.8 Å². The summed E-state index contributed by atoms with van der Waals surface area (Å²) in [5.74, 6) is -0.101. The quantitative estimate of drug-likeness (QED) is 0.890. The third kappa shape index (κ3) is 4.19. The maximum absolute atomic E-state index is 13.6. The van der Waals surface area contributed by atoms with Gasteiger partial charge in [-0.05, 0) is 50.4 Å². The van der Waals surface area contributed by atoms with E-state index in [1.54, 1.807) is 25.3 Å². The summed E-state index contributed by atoms with van der Waals surface area (Å²) in [5, 5.41) is 6.89. The first-order valence-corrected chi connectivity index (χ1v) is 9.07. The van der Waals surface area contributed by atoms with Crippen LogP contribution in [0.2, 0.25) is 0 Å². The zero-order valence-electron chi connectivity index (χ0n) is 13.9. The number of rotatable bonds is 4. The van der Waals surface area contributed by atoms with Gasteiger partial charge in [-0.3, -0.25) is 4.79 Å². The van der Waals surface area contributed by atoms with Crippen LogP contribution in [0.15, 0.2) is 24.4 Å². The molecular weight excluding hydrogens is 325 g/mol. The molecule has 4 nitrogen and oxygen atoms in total. The molecule has 0 unspecified atom stereocenters. The molecule has 1 aliphatic rings. The van der Waals surface area contributed by atoms with E-state index in [1.807, 2.05) is 6.07 Å². The zero-order valence-corrected chi connectivity index (χ0v) is 14.8. The summed E-state index contributed by atoms with van der Waals surface area (Å²) in [6, 6.07) is 5.64. The average Bonchev–Trinajstić information content (AvgIpc) is 2.98. The van der Waals surface area contributed by atoms with E-state index in [4.69, 9.17) is 0 Å². The van der Waals surface area contributed by atoms with Crippen LogP contribution in [0.5, 0.6) is 0 Å². The molecule has 1 aliphatic heterocycles. The van der Waals surface area contributed by atoms with Gasteiger partial charge in [0.1, 0.15) is 5.82 Å². The lowest BCUT2D eigenvalue weighted by molar-refractivity contribution is -0.120. The van der Waals surface area contributed by atoms with E-state index in [-0.39, 0.29) is 17.6 Å². The molecule has 0 radical (unpaired) electrons. The van der Waals surface area contributed by atoms with Crippen LogP contribution in [0.4, 0.5) is 9.52 Å². The number of thiazole rings is 1. The van der Waals surface area contributed by atoms with Crippen molar-refractivity contribution in [1.82, 2.24) is 10.3 Å². The van der Waals surface area contributed by atoms with Crippen molar-refractivity contribution in [1.29, 1.82) is 0 Å². The van der Waals surface area contributed by atoms with E-state index in [1.165, 1.54) is 11.3 Å². The highest BCUT2D eigenvalue weighted by Gasteiger charge is 2.25. The Labute approximate surface area is 145 Å². The molecule has 128 valence electrons. The summed E-state index contributed by atoms with van der Waals surface area (Å²) in [6.45, 7) is 4.73. The first kappa shape index (κ1) is 17.0. The molecule has 1 aromatic carbocycles. The van der Waals surface area contributed by atoms with Crippen molar-refractivity contribution in [3.8, 4) is 0 Å². The van der Waals surface area contributed by atoms with Crippen LogP contribution in [-0.2, 0) is 11.2 Å². The van der Waals surface area contributed by atoms with E-state index < -0.39 is 0 Å². The summed E-state index contributed by atoms with van der Waals surface area (Å²) >= 11 is 1.45. The van der Waals surface area contributed by atoms with Gasteiger partial charge in [0.05, 0.1) is 0 Å². The Hall–Kier alpha value is -1.79. The number of piperidine rings is 1. The van der Waals surface area contributed by atoms with Crippen molar-refractivity contribution >= 4 is 22.4 Å². The van der Waals surface area contributed by atoms with Gasteiger partial charge >= 0.3 is 0 Å². The predicted octanol–water partition coefficient (Wildman–Crippen LogP) is 3.51. The van der Waals surface area contributed by atoms with Gasteiger partial charge in [-0.1, -0.05) is 12.1 Å². The SMILES string of the molecule is Cc1ccc(Cc2cnc(NC(=O)[C@H]3CCN[C@@H](C)C3)s2)cc1F. The Balaban J connectivity index is 1.60. The highest BCUT2D eigenvalue weighted by atomic mass is 32.1. The number of halogens is 1. The number of nitrogens with zero attached hydrogens (tertiary/aromatic N) is 1. The predicted molar refractivity (Wildman–Crippen MR) is 94.9 cm³/mol. The Morgan fingerprint density at radius 2 is 2.33 bits per heavy atom. The van der Waals surface area contributed by atoms with Gasteiger partial charge in [-0.25, -0.2) is 9.37 Å². The number of aromatic nitrogens is 1. The minimum absolute atomic E-state index is 0.0415. The van der Waals surface area contributed by atoms with Gasteiger partial charge in [-0.2, -0.15) is 0 Å².